The third-order valence-corrected chi connectivity index (χ3v) is 9.62. The number of nitrogens with one attached hydrogen (secondary N) is 2. The number of aryl methyl sites for hydroxylation is 1. The van der Waals surface area contributed by atoms with Crippen molar-refractivity contribution in [2.45, 2.75) is 67.6 Å². The molecule has 1 aliphatic heterocycles. The van der Waals surface area contributed by atoms with Crippen molar-refractivity contribution in [1.29, 1.82) is 0 Å². The van der Waals surface area contributed by atoms with E-state index in [1.54, 1.807) is 18.2 Å². The average molecular weight is 547 g/mol. The normalized spacial score (nSPS) is 25.9. The van der Waals surface area contributed by atoms with Crippen LogP contribution in [-0.2, 0) is 21.9 Å². The lowest BCUT2D eigenvalue weighted by molar-refractivity contribution is -0.169. The molecule has 2 saturated carbocycles. The summed E-state index contributed by atoms with van der Waals surface area (Å²) in [6.45, 7) is -0.0427. The lowest BCUT2D eigenvalue weighted by atomic mass is 9.85. The first-order valence-corrected chi connectivity index (χ1v) is 14.2. The smallest absolute Gasteiger partial charge is 0.346 e. The second-order valence-corrected chi connectivity index (χ2v) is 12.3. The second kappa shape index (κ2) is 9.49. The molecule has 3 fully saturated rings. The molecule has 2 heterocycles. The van der Waals surface area contributed by atoms with Crippen LogP contribution in [0.25, 0.3) is 10.9 Å². The summed E-state index contributed by atoms with van der Waals surface area (Å²) in [4.78, 5) is 14.3. The standard InChI is InChI=1S/C24H30ClF3N4O3S/c1-31-19-12-17(8-9-18(19)21(25)22(31)14-2-3-14)36(34,35)30-16-6-4-15(5-7-16)23(33)32-11-10-29-20(13-32)24(26,27)28/h8-9,12,14-16,20,29-30H,2-7,10-11,13H2,1H3/t15?,16?,20-/m1/s1. The van der Waals surface area contributed by atoms with Crippen LogP contribution in [0.1, 0.15) is 50.1 Å². The SMILES string of the molecule is Cn1c(C2CC2)c(Cl)c2ccc(S(=O)(=O)NC3CCC(C(=O)N4CCN[C@@H](C(F)(F)F)C4)CC3)cc21. The molecule has 1 amide bonds. The summed E-state index contributed by atoms with van der Waals surface area (Å²) >= 11 is 6.57. The Hall–Kier alpha value is -1.82. The Morgan fingerprint density at radius 3 is 2.47 bits per heavy atom. The summed E-state index contributed by atoms with van der Waals surface area (Å²) in [7, 11) is -1.89. The quantitative estimate of drug-likeness (QED) is 0.596. The number of carbonyl (C=O) groups excluding carboxylic acids is 1. The maximum Gasteiger partial charge on any atom is 0.405 e. The Morgan fingerprint density at radius 1 is 1.14 bits per heavy atom. The van der Waals surface area contributed by atoms with E-state index in [0.29, 0.717) is 36.6 Å². The highest BCUT2D eigenvalue weighted by Crippen LogP contribution is 2.46. The topological polar surface area (TPSA) is 83.4 Å². The van der Waals surface area contributed by atoms with Crippen molar-refractivity contribution in [3.8, 4) is 0 Å². The van der Waals surface area contributed by atoms with Gasteiger partial charge in [0.1, 0.15) is 6.04 Å². The molecule has 0 unspecified atom stereocenters. The van der Waals surface area contributed by atoms with Gasteiger partial charge in [-0.25, -0.2) is 13.1 Å². The zero-order valence-corrected chi connectivity index (χ0v) is 21.5. The van der Waals surface area contributed by atoms with Crippen molar-refractivity contribution in [3.05, 3.63) is 28.9 Å². The summed E-state index contributed by atoms with van der Waals surface area (Å²) in [5.41, 5.74) is 1.82. The zero-order valence-electron chi connectivity index (χ0n) is 19.9. The number of rotatable bonds is 5. The van der Waals surface area contributed by atoms with Gasteiger partial charge in [-0.05, 0) is 56.7 Å². The molecule has 0 radical (unpaired) electrons. The largest absolute Gasteiger partial charge is 0.405 e. The number of halogens is 4. The van der Waals surface area contributed by atoms with Crippen LogP contribution in [0.2, 0.25) is 5.02 Å². The summed E-state index contributed by atoms with van der Waals surface area (Å²) in [5, 5.41) is 3.93. The van der Waals surface area contributed by atoms with Gasteiger partial charge < -0.3 is 14.8 Å². The Kier molecular flexibility index (Phi) is 6.80. The molecule has 12 heteroatoms. The molecule has 2 aliphatic carbocycles. The van der Waals surface area contributed by atoms with Crippen molar-refractivity contribution < 1.29 is 26.4 Å². The van der Waals surface area contributed by atoms with Crippen molar-refractivity contribution in [1.82, 2.24) is 19.5 Å². The van der Waals surface area contributed by atoms with Gasteiger partial charge in [-0.3, -0.25) is 4.79 Å². The van der Waals surface area contributed by atoms with Gasteiger partial charge >= 0.3 is 6.18 Å². The van der Waals surface area contributed by atoms with Crippen LogP contribution >= 0.6 is 11.6 Å². The third-order valence-electron chi connectivity index (χ3n) is 7.71. The maximum atomic E-state index is 13.1. The van der Waals surface area contributed by atoms with Crippen molar-refractivity contribution in [2.75, 3.05) is 19.6 Å². The minimum atomic E-state index is -4.40. The number of fused-ring (bicyclic) bond motifs is 1. The fourth-order valence-corrected chi connectivity index (χ4v) is 7.31. The maximum absolute atomic E-state index is 13.1. The van der Waals surface area contributed by atoms with Crippen LogP contribution in [0.3, 0.4) is 0 Å². The molecular weight excluding hydrogens is 517 g/mol. The monoisotopic (exact) mass is 546 g/mol. The van der Waals surface area contributed by atoms with Crippen LogP contribution in [0, 0.1) is 5.92 Å². The van der Waals surface area contributed by atoms with E-state index in [1.165, 1.54) is 4.90 Å². The van der Waals surface area contributed by atoms with Crippen LogP contribution in [0.4, 0.5) is 13.2 Å². The Bertz CT molecular complexity index is 1270. The van der Waals surface area contributed by atoms with E-state index in [1.807, 2.05) is 11.6 Å². The van der Waals surface area contributed by atoms with Crippen LogP contribution in [0.15, 0.2) is 23.1 Å². The summed E-state index contributed by atoms with van der Waals surface area (Å²) < 4.78 is 70.2. The van der Waals surface area contributed by atoms with Crippen molar-refractivity contribution in [3.63, 3.8) is 0 Å². The first-order chi connectivity index (χ1) is 17.0. The fourth-order valence-electron chi connectivity index (χ4n) is 5.54. The van der Waals surface area contributed by atoms with Gasteiger partial charge in [0.25, 0.3) is 0 Å². The van der Waals surface area contributed by atoms with Crippen molar-refractivity contribution >= 4 is 38.4 Å². The number of benzene rings is 1. The molecule has 2 aromatic rings. The minimum absolute atomic E-state index is 0.101. The number of aromatic nitrogens is 1. The summed E-state index contributed by atoms with van der Waals surface area (Å²) in [5.74, 6) is -0.239. The lowest BCUT2D eigenvalue weighted by Gasteiger charge is -2.38. The summed E-state index contributed by atoms with van der Waals surface area (Å²) in [6.07, 6.45) is -0.461. The average Bonchev–Trinajstić information content (AvgIpc) is 3.64. The minimum Gasteiger partial charge on any atom is -0.346 e. The van der Waals surface area contributed by atoms with E-state index in [-0.39, 0.29) is 42.4 Å². The van der Waals surface area contributed by atoms with E-state index in [9.17, 15) is 26.4 Å². The number of amides is 1. The molecule has 0 bridgehead atoms. The second-order valence-electron chi connectivity index (χ2n) is 10.2. The van der Waals surface area contributed by atoms with Gasteiger partial charge in [-0.2, -0.15) is 13.2 Å². The Morgan fingerprint density at radius 2 is 1.83 bits per heavy atom. The molecule has 1 saturated heterocycles. The van der Waals surface area contributed by atoms with E-state index in [2.05, 4.69) is 10.0 Å². The molecule has 0 spiro atoms. The lowest BCUT2D eigenvalue weighted by Crippen LogP contribution is -2.59. The van der Waals surface area contributed by atoms with Gasteiger partial charge in [-0.1, -0.05) is 11.6 Å². The Labute approximate surface area is 213 Å². The number of nitrogens with zero attached hydrogens (tertiary/aromatic N) is 2. The summed E-state index contributed by atoms with van der Waals surface area (Å²) in [6, 6.07) is 2.90. The van der Waals surface area contributed by atoms with Crippen LogP contribution in [0.5, 0.6) is 0 Å². The fraction of sp³-hybridized carbons (Fsp3) is 0.625. The van der Waals surface area contributed by atoms with E-state index < -0.39 is 22.2 Å². The predicted octanol–water partition coefficient (Wildman–Crippen LogP) is 3.91. The molecule has 5 rings (SSSR count). The molecule has 7 nitrogen and oxygen atoms in total. The molecule has 36 heavy (non-hydrogen) atoms. The molecule has 1 aromatic heterocycles. The highest BCUT2D eigenvalue weighted by molar-refractivity contribution is 7.89. The first-order valence-electron chi connectivity index (χ1n) is 12.3. The van der Waals surface area contributed by atoms with Crippen molar-refractivity contribution in [2.24, 2.45) is 13.0 Å². The molecule has 2 N–H and O–H groups in total. The number of hydrogen-bond donors (Lipinski definition) is 2. The van der Waals surface area contributed by atoms with Gasteiger partial charge in [0.15, 0.2) is 0 Å². The Balaban J connectivity index is 1.22. The van der Waals surface area contributed by atoms with E-state index >= 15 is 0 Å². The molecule has 1 aromatic carbocycles. The van der Waals surface area contributed by atoms with Gasteiger partial charge in [0, 0.05) is 55.6 Å². The highest BCUT2D eigenvalue weighted by atomic mass is 35.5. The molecular formula is C24H30ClF3N4O3S. The highest BCUT2D eigenvalue weighted by Gasteiger charge is 2.44. The number of piperazine rings is 1. The molecule has 198 valence electrons. The number of carbonyl (C=O) groups is 1. The molecule has 1 atom stereocenters. The number of sulfonamides is 1. The van der Waals surface area contributed by atoms with E-state index in [0.717, 1.165) is 29.4 Å². The third kappa shape index (κ3) is 4.99. The van der Waals surface area contributed by atoms with Gasteiger partial charge in [0.2, 0.25) is 15.9 Å². The first kappa shape index (κ1) is 25.8. The predicted molar refractivity (Wildman–Crippen MR) is 130 cm³/mol. The van der Waals surface area contributed by atoms with Gasteiger partial charge in [0.05, 0.1) is 15.4 Å². The zero-order chi connectivity index (χ0) is 25.8. The van der Waals surface area contributed by atoms with Gasteiger partial charge in [-0.15, -0.1) is 0 Å². The van der Waals surface area contributed by atoms with Crippen LogP contribution < -0.4 is 10.0 Å². The number of alkyl halides is 3. The number of hydrogen-bond acceptors (Lipinski definition) is 4. The van der Waals surface area contributed by atoms with E-state index in [4.69, 9.17) is 11.6 Å². The molecule has 3 aliphatic rings. The van der Waals surface area contributed by atoms with Crippen LogP contribution in [-0.4, -0.2) is 61.7 Å².